The summed E-state index contributed by atoms with van der Waals surface area (Å²) in [5, 5.41) is 11.7. The summed E-state index contributed by atoms with van der Waals surface area (Å²) < 4.78 is 23.7. The van der Waals surface area contributed by atoms with Crippen LogP contribution in [0, 0.1) is 5.82 Å². The smallest absolute Gasteiger partial charge is 0.408 e. The number of carbonyl (C=O) groups excluding carboxylic acids is 2. The molecule has 0 aliphatic carbocycles. The van der Waals surface area contributed by atoms with Crippen LogP contribution in [-0.4, -0.2) is 62.2 Å². The number of nitrogens with zero attached hydrogens (tertiary/aromatic N) is 2. The molecule has 2 N–H and O–H groups in total. The summed E-state index contributed by atoms with van der Waals surface area (Å²) in [5.74, 6) is -0.552. The third-order valence-electron chi connectivity index (χ3n) is 4.81. The van der Waals surface area contributed by atoms with E-state index in [-0.39, 0.29) is 22.7 Å². The monoisotopic (exact) mass is 537 g/mol. The number of hydrogen-bond donors (Lipinski definition) is 2. The molecule has 0 spiro atoms. The van der Waals surface area contributed by atoms with Gasteiger partial charge in [0.25, 0.3) is 0 Å². The number of hydrogen-bond acceptors (Lipinski definition) is 8. The topological polar surface area (TPSA) is 118 Å². The molecule has 12 heteroatoms. The average Bonchev–Trinajstić information content (AvgIpc) is 3.13. The maximum atomic E-state index is 13.0. The minimum absolute atomic E-state index is 0.00130. The highest BCUT2D eigenvalue weighted by molar-refractivity contribution is 8.77. The van der Waals surface area contributed by atoms with Gasteiger partial charge < -0.3 is 24.8 Å². The summed E-state index contributed by atoms with van der Waals surface area (Å²) >= 11 is 0. The average molecular weight is 538 g/mol. The van der Waals surface area contributed by atoms with Crippen molar-refractivity contribution in [3.05, 3.63) is 54.0 Å². The molecule has 36 heavy (non-hydrogen) atoms. The Labute approximate surface area is 216 Å². The number of carbonyl (C=O) groups is 3. The van der Waals surface area contributed by atoms with Crippen molar-refractivity contribution >= 4 is 39.6 Å². The van der Waals surface area contributed by atoms with Gasteiger partial charge in [-0.25, -0.2) is 19.0 Å². The predicted molar refractivity (Wildman–Crippen MR) is 135 cm³/mol. The van der Waals surface area contributed by atoms with E-state index in [1.807, 2.05) is 6.07 Å². The molecule has 0 bridgehead atoms. The number of carboxylic acids is 1. The van der Waals surface area contributed by atoms with Crippen molar-refractivity contribution in [3.8, 4) is 11.6 Å². The van der Waals surface area contributed by atoms with Crippen molar-refractivity contribution in [1.82, 2.24) is 15.2 Å². The summed E-state index contributed by atoms with van der Waals surface area (Å²) in [7, 11) is 2.72. The molecule has 1 aromatic heterocycles. The number of rotatable bonds is 10. The number of amides is 2. The van der Waals surface area contributed by atoms with Gasteiger partial charge in [-0.2, -0.15) is 0 Å². The number of nitrogens with one attached hydrogen (secondary N) is 1. The zero-order chi connectivity index (χ0) is 26.3. The molecule has 0 unspecified atom stereocenters. The van der Waals surface area contributed by atoms with Crippen LogP contribution in [0.1, 0.15) is 32.8 Å². The zero-order valence-corrected chi connectivity index (χ0v) is 21.7. The van der Waals surface area contributed by atoms with Crippen molar-refractivity contribution in [3.63, 3.8) is 0 Å². The van der Waals surface area contributed by atoms with Crippen LogP contribution in [0.5, 0.6) is 11.6 Å². The molecule has 2 aromatic rings. The normalized spacial score (nSPS) is 16.5. The van der Waals surface area contributed by atoms with Gasteiger partial charge >= 0.3 is 12.1 Å². The Balaban J connectivity index is 1.44. The lowest BCUT2D eigenvalue weighted by Gasteiger charge is -2.22. The molecule has 194 valence electrons. The van der Waals surface area contributed by atoms with Crippen LogP contribution in [-0.2, 0) is 20.9 Å². The summed E-state index contributed by atoms with van der Waals surface area (Å²) in [6.45, 7) is 6.00. The largest absolute Gasteiger partial charge is 0.480 e. The van der Waals surface area contributed by atoms with Crippen LogP contribution in [0.4, 0.5) is 9.18 Å². The molecule has 1 aliphatic rings. The summed E-state index contributed by atoms with van der Waals surface area (Å²) in [6, 6.07) is 8.02. The van der Waals surface area contributed by atoms with Crippen molar-refractivity contribution < 1.29 is 33.4 Å². The summed E-state index contributed by atoms with van der Waals surface area (Å²) in [6.07, 6.45) is 1.18. The Morgan fingerprint density at radius 3 is 2.58 bits per heavy atom. The molecule has 3 rings (SSSR count). The van der Waals surface area contributed by atoms with Crippen LogP contribution in [0.3, 0.4) is 0 Å². The van der Waals surface area contributed by atoms with Crippen LogP contribution >= 0.6 is 21.6 Å². The van der Waals surface area contributed by atoms with Gasteiger partial charge in [-0.05, 0) is 50.6 Å². The Kier molecular flexibility index (Phi) is 9.43. The van der Waals surface area contributed by atoms with Crippen LogP contribution in [0.2, 0.25) is 0 Å². The Hall–Kier alpha value is -2.99. The lowest BCUT2D eigenvalue weighted by atomic mass is 10.2. The predicted octanol–water partition coefficient (Wildman–Crippen LogP) is 4.47. The molecule has 0 saturated carbocycles. The second kappa shape index (κ2) is 12.3. The van der Waals surface area contributed by atoms with Crippen LogP contribution in [0.15, 0.2) is 42.6 Å². The van der Waals surface area contributed by atoms with E-state index in [2.05, 4.69) is 10.3 Å². The van der Waals surface area contributed by atoms with Crippen molar-refractivity contribution in [2.75, 3.05) is 12.3 Å². The van der Waals surface area contributed by atoms with Gasteiger partial charge in [0.05, 0.1) is 0 Å². The maximum absolute atomic E-state index is 13.0. The van der Waals surface area contributed by atoms with Crippen molar-refractivity contribution in [2.24, 2.45) is 0 Å². The van der Waals surface area contributed by atoms with Gasteiger partial charge in [0, 0.05) is 42.8 Å². The van der Waals surface area contributed by atoms with E-state index in [1.54, 1.807) is 37.9 Å². The van der Waals surface area contributed by atoms with E-state index in [0.29, 0.717) is 31.1 Å². The molecule has 1 aromatic carbocycles. The van der Waals surface area contributed by atoms with Crippen LogP contribution < -0.4 is 10.1 Å². The molecule has 1 saturated heterocycles. The number of aliphatic carboxylic acids is 1. The van der Waals surface area contributed by atoms with Gasteiger partial charge in [-0.15, -0.1) is 0 Å². The first-order valence-corrected chi connectivity index (χ1v) is 13.5. The van der Waals surface area contributed by atoms with E-state index < -0.39 is 23.7 Å². The first kappa shape index (κ1) is 27.6. The lowest BCUT2D eigenvalue weighted by Crippen LogP contribution is -2.44. The molecule has 2 amide bonds. The first-order valence-electron chi connectivity index (χ1n) is 11.2. The highest BCUT2D eigenvalue weighted by atomic mass is 33.1. The quantitative estimate of drug-likeness (QED) is 0.423. The van der Waals surface area contributed by atoms with E-state index in [1.165, 1.54) is 45.9 Å². The maximum Gasteiger partial charge on any atom is 0.408 e. The van der Waals surface area contributed by atoms with Gasteiger partial charge in [-0.1, -0.05) is 27.7 Å². The number of aromatic nitrogens is 1. The first-order chi connectivity index (χ1) is 17.0. The van der Waals surface area contributed by atoms with E-state index >= 15 is 0 Å². The number of pyridine rings is 1. The van der Waals surface area contributed by atoms with Crippen molar-refractivity contribution in [2.45, 2.75) is 50.6 Å². The number of ether oxygens (including phenoxy) is 2. The van der Waals surface area contributed by atoms with Crippen molar-refractivity contribution in [1.29, 1.82) is 0 Å². The number of carboxylic acid groups (broad SMARTS) is 1. The van der Waals surface area contributed by atoms with Gasteiger partial charge in [-0.3, -0.25) is 4.79 Å². The summed E-state index contributed by atoms with van der Waals surface area (Å²) in [4.78, 5) is 41.8. The molecular formula is C24H28FN3O6S2. The second-order valence-electron chi connectivity index (χ2n) is 9.08. The third-order valence-corrected chi connectivity index (χ3v) is 7.64. The summed E-state index contributed by atoms with van der Waals surface area (Å²) in [5.41, 5.74) is 0.106. The number of likely N-dealkylation sites (tertiary alicyclic amines) is 1. The Bertz CT molecular complexity index is 1060. The number of alkyl carbamates (subject to hydrolysis) is 1. The fourth-order valence-corrected chi connectivity index (χ4v) is 5.88. The molecule has 1 fully saturated rings. The second-order valence-corrected chi connectivity index (χ2v) is 11.8. The Morgan fingerprint density at radius 1 is 1.25 bits per heavy atom. The molecule has 2 atom stereocenters. The lowest BCUT2D eigenvalue weighted by molar-refractivity contribution is -0.138. The van der Waals surface area contributed by atoms with E-state index in [0.717, 1.165) is 5.56 Å². The van der Waals surface area contributed by atoms with Gasteiger partial charge in [0.2, 0.25) is 11.8 Å². The number of halogens is 1. The molecular weight excluding hydrogens is 509 g/mol. The zero-order valence-electron chi connectivity index (χ0n) is 20.1. The standard InChI is InChI=1S/C24H28FN3O6S2/c1-24(2,3)34-23(32)27-19(22(30)31)14-35-36-18-10-21(29)28(13-18)12-15-4-9-20(26-11-15)33-17-7-5-16(25)6-8-17/h4-9,11,18-19H,10,12-14H2,1-3H3,(H,27,32)(H,30,31)/t18-,19+/m1/s1. The van der Waals surface area contributed by atoms with Gasteiger partial charge in [0.1, 0.15) is 23.2 Å². The van der Waals surface area contributed by atoms with Gasteiger partial charge in [0.15, 0.2) is 0 Å². The number of benzene rings is 1. The van der Waals surface area contributed by atoms with E-state index in [4.69, 9.17) is 9.47 Å². The highest BCUT2D eigenvalue weighted by Crippen LogP contribution is 2.34. The molecule has 0 radical (unpaired) electrons. The Morgan fingerprint density at radius 2 is 1.97 bits per heavy atom. The molecule has 9 nitrogen and oxygen atoms in total. The SMILES string of the molecule is CC(C)(C)OC(=O)N[C@@H](CSS[C@@H]1CC(=O)N(Cc2ccc(Oc3ccc(F)cc3)nc2)C1)C(=O)O. The molecule has 1 aliphatic heterocycles. The van der Waals surface area contributed by atoms with Crippen LogP contribution in [0.25, 0.3) is 0 Å². The van der Waals surface area contributed by atoms with E-state index in [9.17, 15) is 23.9 Å². The minimum Gasteiger partial charge on any atom is -0.480 e. The molecule has 2 heterocycles. The minimum atomic E-state index is -1.16. The fraction of sp³-hybridized carbons (Fsp3) is 0.417. The third kappa shape index (κ3) is 8.90. The highest BCUT2D eigenvalue weighted by Gasteiger charge is 2.31. The fourth-order valence-electron chi connectivity index (χ4n) is 3.19.